The summed E-state index contributed by atoms with van der Waals surface area (Å²) in [5.41, 5.74) is 2.11. The number of aliphatic hydroxyl groups is 1. The molecule has 0 radical (unpaired) electrons. The number of hydrogen-bond acceptors (Lipinski definition) is 1. The van der Waals surface area contributed by atoms with Crippen LogP contribution in [0.4, 0.5) is 0 Å². The van der Waals surface area contributed by atoms with E-state index in [9.17, 15) is 5.11 Å². The minimum Gasteiger partial charge on any atom is -0.386 e. The maximum Gasteiger partial charge on any atom is 0.0840 e. The molecule has 0 atom stereocenters. The summed E-state index contributed by atoms with van der Waals surface area (Å²) in [6.45, 7) is 9.43. The first-order valence-electron chi connectivity index (χ1n) is 4.40. The van der Waals surface area contributed by atoms with Gasteiger partial charge in [-0.2, -0.15) is 0 Å². The Labute approximate surface area is 79.7 Å². The van der Waals surface area contributed by atoms with Crippen LogP contribution in [-0.2, 0) is 0 Å². The summed E-state index contributed by atoms with van der Waals surface area (Å²) in [5.74, 6) is 0. The highest BCUT2D eigenvalue weighted by molar-refractivity contribution is 5.71. The fourth-order valence-corrected chi connectivity index (χ4v) is 1.24. The highest BCUT2D eigenvalue weighted by atomic mass is 16.3. The van der Waals surface area contributed by atoms with Gasteiger partial charge in [0.1, 0.15) is 0 Å². The van der Waals surface area contributed by atoms with Gasteiger partial charge in [0.05, 0.1) is 5.60 Å². The molecule has 0 saturated carbocycles. The molecule has 13 heavy (non-hydrogen) atoms. The van der Waals surface area contributed by atoms with Gasteiger partial charge in [-0.15, -0.1) is 0 Å². The Balaban J connectivity index is 3.10. The van der Waals surface area contributed by atoms with Gasteiger partial charge < -0.3 is 5.11 Å². The fraction of sp³-hybridized carbons (Fsp3) is 0.333. The monoisotopic (exact) mass is 176 g/mol. The normalized spacial score (nSPS) is 11.4. The zero-order valence-electron chi connectivity index (χ0n) is 8.46. The van der Waals surface area contributed by atoms with Crippen molar-refractivity contribution in [3.63, 3.8) is 0 Å². The molecule has 1 aromatic rings. The van der Waals surface area contributed by atoms with Crippen molar-refractivity contribution in [2.24, 2.45) is 0 Å². The Morgan fingerprint density at radius 2 is 1.85 bits per heavy atom. The smallest absolute Gasteiger partial charge is 0.0840 e. The van der Waals surface area contributed by atoms with Gasteiger partial charge in [-0.25, -0.2) is 0 Å². The Morgan fingerprint density at radius 1 is 1.31 bits per heavy atom. The average molecular weight is 176 g/mol. The molecule has 0 aliphatic carbocycles. The van der Waals surface area contributed by atoms with Gasteiger partial charge in [-0.05, 0) is 37.5 Å². The topological polar surface area (TPSA) is 20.2 Å². The Bertz CT molecular complexity index is 318. The zero-order valence-corrected chi connectivity index (χ0v) is 8.46. The van der Waals surface area contributed by atoms with E-state index in [4.69, 9.17) is 0 Å². The second kappa shape index (κ2) is 3.35. The summed E-state index contributed by atoms with van der Waals surface area (Å²) in [6, 6.07) is 7.94. The molecule has 0 saturated heterocycles. The number of aryl methyl sites for hydroxylation is 1. The average Bonchev–Trinajstić information content (AvgIpc) is 2.02. The third-order valence-corrected chi connectivity index (χ3v) is 2.21. The molecule has 0 spiro atoms. The lowest BCUT2D eigenvalue weighted by Crippen LogP contribution is -2.20. The first-order chi connectivity index (χ1) is 5.93. The second-order valence-corrected chi connectivity index (χ2v) is 3.85. The molecule has 0 aromatic heterocycles. The summed E-state index contributed by atoms with van der Waals surface area (Å²) >= 11 is 0. The van der Waals surface area contributed by atoms with Crippen LogP contribution in [0, 0.1) is 6.92 Å². The van der Waals surface area contributed by atoms with E-state index >= 15 is 0 Å². The van der Waals surface area contributed by atoms with Crippen LogP contribution in [-0.4, -0.2) is 10.7 Å². The van der Waals surface area contributed by atoms with E-state index in [1.807, 2.05) is 31.2 Å². The third kappa shape index (κ3) is 2.19. The maximum absolute atomic E-state index is 9.76. The summed E-state index contributed by atoms with van der Waals surface area (Å²) in [7, 11) is 0. The van der Waals surface area contributed by atoms with Gasteiger partial charge in [-0.1, -0.05) is 30.8 Å². The minimum atomic E-state index is -0.841. The molecule has 70 valence electrons. The van der Waals surface area contributed by atoms with E-state index in [1.165, 1.54) is 0 Å². The molecule has 1 N–H and O–H groups in total. The zero-order chi connectivity index (χ0) is 10.1. The van der Waals surface area contributed by atoms with E-state index < -0.39 is 5.60 Å². The predicted octanol–water partition coefficient (Wildman–Crippen LogP) is 2.78. The van der Waals surface area contributed by atoms with E-state index in [0.29, 0.717) is 0 Å². The van der Waals surface area contributed by atoms with Crippen molar-refractivity contribution in [2.45, 2.75) is 26.4 Å². The van der Waals surface area contributed by atoms with Gasteiger partial charge >= 0.3 is 0 Å². The highest BCUT2D eigenvalue weighted by Gasteiger charge is 2.19. The predicted molar refractivity (Wildman–Crippen MR) is 56.5 cm³/mol. The molecule has 1 nitrogen and oxygen atoms in total. The molecule has 0 unspecified atom stereocenters. The number of rotatable bonds is 2. The number of hydrogen-bond donors (Lipinski definition) is 1. The molecule has 0 amide bonds. The molecule has 0 fully saturated rings. The molecule has 0 heterocycles. The molecular formula is C12H16O. The molecule has 1 rings (SSSR count). The fourth-order valence-electron chi connectivity index (χ4n) is 1.24. The van der Waals surface area contributed by atoms with Crippen molar-refractivity contribution in [2.75, 3.05) is 0 Å². The molecule has 0 bridgehead atoms. The quantitative estimate of drug-likeness (QED) is 0.734. The van der Waals surface area contributed by atoms with Crippen LogP contribution in [0.1, 0.15) is 25.0 Å². The maximum atomic E-state index is 9.76. The molecule has 0 aliphatic rings. The van der Waals surface area contributed by atoms with Crippen LogP contribution in [0.25, 0.3) is 5.57 Å². The Morgan fingerprint density at radius 3 is 2.31 bits per heavy atom. The highest BCUT2D eigenvalue weighted by Crippen LogP contribution is 2.26. The van der Waals surface area contributed by atoms with E-state index in [2.05, 4.69) is 6.58 Å². The lowest BCUT2D eigenvalue weighted by molar-refractivity contribution is 0.144. The van der Waals surface area contributed by atoms with E-state index in [1.54, 1.807) is 13.8 Å². The molecule has 1 heteroatoms. The van der Waals surface area contributed by atoms with E-state index in [-0.39, 0.29) is 0 Å². The van der Waals surface area contributed by atoms with Crippen LogP contribution >= 0.6 is 0 Å². The largest absolute Gasteiger partial charge is 0.386 e. The van der Waals surface area contributed by atoms with Crippen molar-refractivity contribution < 1.29 is 5.11 Å². The van der Waals surface area contributed by atoms with Crippen LogP contribution in [0.2, 0.25) is 0 Å². The van der Waals surface area contributed by atoms with Crippen molar-refractivity contribution in [3.8, 4) is 0 Å². The number of benzene rings is 1. The van der Waals surface area contributed by atoms with E-state index in [0.717, 1.165) is 16.7 Å². The van der Waals surface area contributed by atoms with Crippen LogP contribution < -0.4 is 0 Å². The SMILES string of the molecule is C=C(c1ccccc1C)C(C)(C)O. The van der Waals surface area contributed by atoms with Crippen LogP contribution in [0.15, 0.2) is 30.8 Å². The van der Waals surface area contributed by atoms with Gasteiger partial charge in [-0.3, -0.25) is 0 Å². The standard InChI is InChI=1S/C12H16O/c1-9-7-5-6-8-11(9)10(2)12(3,4)13/h5-8,13H,2H2,1,3-4H3. The minimum absolute atomic E-state index is 0.769. The van der Waals surface area contributed by atoms with Crippen LogP contribution in [0.3, 0.4) is 0 Å². The van der Waals surface area contributed by atoms with Crippen molar-refractivity contribution >= 4 is 5.57 Å². The van der Waals surface area contributed by atoms with Gasteiger partial charge in [0.15, 0.2) is 0 Å². The van der Waals surface area contributed by atoms with Gasteiger partial charge in [0.25, 0.3) is 0 Å². The molecule has 1 aromatic carbocycles. The third-order valence-electron chi connectivity index (χ3n) is 2.21. The van der Waals surface area contributed by atoms with Crippen molar-refractivity contribution in [1.82, 2.24) is 0 Å². The first-order valence-corrected chi connectivity index (χ1v) is 4.40. The van der Waals surface area contributed by atoms with Crippen molar-refractivity contribution in [1.29, 1.82) is 0 Å². The lowest BCUT2D eigenvalue weighted by Gasteiger charge is -2.22. The summed E-state index contributed by atoms with van der Waals surface area (Å²) in [5, 5.41) is 9.76. The van der Waals surface area contributed by atoms with Gasteiger partial charge in [0, 0.05) is 0 Å². The Kier molecular flexibility index (Phi) is 2.58. The van der Waals surface area contributed by atoms with Gasteiger partial charge in [0.2, 0.25) is 0 Å². The molecule has 0 aliphatic heterocycles. The van der Waals surface area contributed by atoms with Crippen molar-refractivity contribution in [3.05, 3.63) is 42.0 Å². The summed E-state index contributed by atoms with van der Waals surface area (Å²) in [4.78, 5) is 0. The lowest BCUT2D eigenvalue weighted by atomic mass is 9.90. The first kappa shape index (κ1) is 10.0. The summed E-state index contributed by atoms with van der Waals surface area (Å²) < 4.78 is 0. The molecular weight excluding hydrogens is 160 g/mol. The Hall–Kier alpha value is -1.08. The second-order valence-electron chi connectivity index (χ2n) is 3.85. The van der Waals surface area contributed by atoms with Crippen LogP contribution in [0.5, 0.6) is 0 Å². The summed E-state index contributed by atoms with van der Waals surface area (Å²) in [6.07, 6.45) is 0.